The number of benzene rings is 2. The lowest BCUT2D eigenvalue weighted by Crippen LogP contribution is -2.26. The van der Waals surface area contributed by atoms with Gasteiger partial charge in [-0.2, -0.15) is 0 Å². The van der Waals surface area contributed by atoms with Gasteiger partial charge < -0.3 is 0 Å². The van der Waals surface area contributed by atoms with Gasteiger partial charge in [0.2, 0.25) is 0 Å². The Labute approximate surface area is 181 Å². The predicted molar refractivity (Wildman–Crippen MR) is 116 cm³/mol. The smallest absolute Gasteiger partial charge is 0.166 e. The summed E-state index contributed by atoms with van der Waals surface area (Å²) in [6, 6.07) is 12.5. The summed E-state index contributed by atoms with van der Waals surface area (Å²) >= 11 is 19.0. The average molecular weight is 438 g/mol. The first-order chi connectivity index (χ1) is 13.5. The van der Waals surface area contributed by atoms with E-state index in [0.717, 1.165) is 37.7 Å². The number of ketones is 2. The van der Waals surface area contributed by atoms with Crippen LogP contribution in [0.4, 0.5) is 0 Å². The Kier molecular flexibility index (Phi) is 7.56. The van der Waals surface area contributed by atoms with Crippen LogP contribution in [0.1, 0.15) is 66.8 Å². The monoisotopic (exact) mass is 436 g/mol. The van der Waals surface area contributed by atoms with E-state index in [2.05, 4.69) is 0 Å². The molecule has 2 aromatic rings. The number of hydrogen-bond acceptors (Lipinski definition) is 2. The molecule has 2 nitrogen and oxygen atoms in total. The number of Topliss-reactive ketones (excluding diaryl/α,β-unsaturated/α-hetero) is 2. The van der Waals surface area contributed by atoms with Crippen molar-refractivity contribution in [1.29, 1.82) is 0 Å². The van der Waals surface area contributed by atoms with Crippen LogP contribution in [0.2, 0.25) is 15.1 Å². The van der Waals surface area contributed by atoms with E-state index in [1.165, 1.54) is 0 Å². The van der Waals surface area contributed by atoms with E-state index in [1.807, 2.05) is 24.3 Å². The zero-order valence-corrected chi connectivity index (χ0v) is 17.9. The second-order valence-corrected chi connectivity index (χ2v) is 8.60. The molecule has 0 aliphatic heterocycles. The minimum atomic E-state index is -0.279. The number of carbonyl (C=O) groups is 2. The fourth-order valence-electron chi connectivity index (χ4n) is 4.10. The Morgan fingerprint density at radius 3 is 2.25 bits per heavy atom. The molecule has 0 heterocycles. The third-order valence-electron chi connectivity index (χ3n) is 5.54. The van der Waals surface area contributed by atoms with E-state index < -0.39 is 0 Å². The van der Waals surface area contributed by atoms with Crippen LogP contribution in [0, 0.1) is 5.92 Å². The molecule has 1 saturated carbocycles. The second kappa shape index (κ2) is 9.91. The average Bonchev–Trinajstić information content (AvgIpc) is 2.64. The van der Waals surface area contributed by atoms with Crippen molar-refractivity contribution in [1.82, 2.24) is 0 Å². The predicted octanol–water partition coefficient (Wildman–Crippen LogP) is 7.54. The van der Waals surface area contributed by atoms with Gasteiger partial charge in [0, 0.05) is 29.7 Å². The van der Waals surface area contributed by atoms with Crippen LogP contribution in [-0.2, 0) is 4.79 Å². The first kappa shape index (κ1) is 21.4. The van der Waals surface area contributed by atoms with Crippen molar-refractivity contribution in [3.8, 4) is 0 Å². The van der Waals surface area contributed by atoms with E-state index in [4.69, 9.17) is 34.8 Å². The van der Waals surface area contributed by atoms with Gasteiger partial charge in [-0.25, -0.2) is 0 Å². The van der Waals surface area contributed by atoms with Crippen molar-refractivity contribution in [2.24, 2.45) is 5.92 Å². The Balaban J connectivity index is 1.98. The molecule has 1 aliphatic rings. The SMILES string of the molecule is O=C(C[C@@H](c1ccccc1Cl)[C@H]1CCCCCCC1=O)c1c(Cl)cccc1Cl. The molecule has 0 aromatic heterocycles. The molecule has 1 fully saturated rings. The second-order valence-electron chi connectivity index (χ2n) is 7.38. The van der Waals surface area contributed by atoms with Gasteiger partial charge in [0.1, 0.15) is 5.78 Å². The molecule has 0 radical (unpaired) electrons. The molecular weight excluding hydrogens is 415 g/mol. The molecule has 1 aliphatic carbocycles. The Morgan fingerprint density at radius 1 is 0.893 bits per heavy atom. The molecule has 2 aromatic carbocycles. The molecule has 28 heavy (non-hydrogen) atoms. The molecule has 5 heteroatoms. The maximum atomic E-state index is 13.2. The van der Waals surface area contributed by atoms with Crippen LogP contribution in [0.3, 0.4) is 0 Å². The van der Waals surface area contributed by atoms with Crippen molar-refractivity contribution in [2.45, 2.75) is 50.9 Å². The molecule has 0 amide bonds. The van der Waals surface area contributed by atoms with E-state index in [1.54, 1.807) is 18.2 Å². The summed E-state index contributed by atoms with van der Waals surface area (Å²) in [5.41, 5.74) is 1.17. The van der Waals surface area contributed by atoms with E-state index >= 15 is 0 Å². The van der Waals surface area contributed by atoms with Gasteiger partial charge in [0.15, 0.2) is 5.78 Å². The molecule has 3 rings (SSSR count). The third kappa shape index (κ3) is 4.97. The fourth-order valence-corrected chi connectivity index (χ4v) is 4.98. The van der Waals surface area contributed by atoms with Gasteiger partial charge in [-0.1, -0.05) is 78.3 Å². The van der Waals surface area contributed by atoms with Crippen molar-refractivity contribution in [2.75, 3.05) is 0 Å². The minimum Gasteiger partial charge on any atom is -0.299 e. The normalized spacial score (nSPS) is 19.0. The summed E-state index contributed by atoms with van der Waals surface area (Å²) in [6.07, 6.45) is 5.59. The fraction of sp³-hybridized carbons (Fsp3) is 0.391. The van der Waals surface area contributed by atoms with Gasteiger partial charge in [0.25, 0.3) is 0 Å². The summed E-state index contributed by atoms with van der Waals surface area (Å²) in [5, 5.41) is 1.25. The zero-order valence-electron chi connectivity index (χ0n) is 15.6. The third-order valence-corrected chi connectivity index (χ3v) is 6.51. The van der Waals surface area contributed by atoms with Crippen LogP contribution in [0.5, 0.6) is 0 Å². The van der Waals surface area contributed by atoms with Crippen molar-refractivity contribution >= 4 is 46.4 Å². The van der Waals surface area contributed by atoms with Crippen LogP contribution in [0.25, 0.3) is 0 Å². The molecular formula is C23H23Cl3O2. The van der Waals surface area contributed by atoms with Gasteiger partial charge in [0.05, 0.1) is 15.6 Å². The maximum absolute atomic E-state index is 13.2. The largest absolute Gasteiger partial charge is 0.299 e. The number of rotatable bonds is 5. The van der Waals surface area contributed by atoms with Crippen LogP contribution in [0.15, 0.2) is 42.5 Å². The Morgan fingerprint density at radius 2 is 1.54 bits per heavy atom. The molecule has 0 N–H and O–H groups in total. The highest BCUT2D eigenvalue weighted by Crippen LogP contribution is 2.40. The summed E-state index contributed by atoms with van der Waals surface area (Å²) < 4.78 is 0. The Bertz CT molecular complexity index is 842. The highest BCUT2D eigenvalue weighted by Gasteiger charge is 2.33. The van der Waals surface area contributed by atoms with Gasteiger partial charge in [-0.3, -0.25) is 9.59 Å². The van der Waals surface area contributed by atoms with Gasteiger partial charge >= 0.3 is 0 Å². The molecule has 148 valence electrons. The molecule has 0 bridgehead atoms. The molecule has 0 saturated heterocycles. The number of halogens is 3. The lowest BCUT2D eigenvalue weighted by atomic mass is 9.75. The van der Waals surface area contributed by atoms with Crippen molar-refractivity contribution in [3.05, 3.63) is 68.7 Å². The van der Waals surface area contributed by atoms with Crippen LogP contribution < -0.4 is 0 Å². The summed E-state index contributed by atoms with van der Waals surface area (Å²) in [6.45, 7) is 0. The van der Waals surface area contributed by atoms with E-state index in [9.17, 15) is 9.59 Å². The van der Waals surface area contributed by atoms with Crippen molar-refractivity contribution in [3.63, 3.8) is 0 Å². The maximum Gasteiger partial charge on any atom is 0.166 e. The molecule has 0 spiro atoms. The van der Waals surface area contributed by atoms with E-state index in [0.29, 0.717) is 27.1 Å². The van der Waals surface area contributed by atoms with Gasteiger partial charge in [-0.05, 0) is 36.6 Å². The Hall–Kier alpha value is -1.35. The topological polar surface area (TPSA) is 34.1 Å². The molecule has 2 atom stereocenters. The summed E-state index contributed by atoms with van der Waals surface area (Å²) in [4.78, 5) is 26.1. The highest BCUT2D eigenvalue weighted by molar-refractivity contribution is 6.39. The summed E-state index contributed by atoms with van der Waals surface area (Å²) in [7, 11) is 0. The zero-order chi connectivity index (χ0) is 20.1. The number of carbonyl (C=O) groups excluding carboxylic acids is 2. The standard InChI is InChI=1S/C23H23Cl3O2/c24-18-10-6-5-8-15(18)17(16-9-3-1-2-4-13-21(16)27)14-22(28)23-19(25)11-7-12-20(23)26/h5-8,10-12,16-17H,1-4,9,13-14H2/t16-,17+/m1/s1. The van der Waals surface area contributed by atoms with Gasteiger partial charge in [-0.15, -0.1) is 0 Å². The van der Waals surface area contributed by atoms with E-state index in [-0.39, 0.29) is 29.8 Å². The first-order valence-corrected chi connectivity index (χ1v) is 10.9. The lowest BCUT2D eigenvalue weighted by Gasteiger charge is -2.28. The lowest BCUT2D eigenvalue weighted by molar-refractivity contribution is -0.124. The van der Waals surface area contributed by atoms with Crippen LogP contribution >= 0.6 is 34.8 Å². The quantitative estimate of drug-likeness (QED) is 0.453. The van der Waals surface area contributed by atoms with Crippen molar-refractivity contribution < 1.29 is 9.59 Å². The molecule has 0 unspecified atom stereocenters. The summed E-state index contributed by atoms with van der Waals surface area (Å²) in [5.74, 6) is -0.428. The van der Waals surface area contributed by atoms with Crippen LogP contribution in [-0.4, -0.2) is 11.6 Å². The first-order valence-electron chi connectivity index (χ1n) is 9.73. The highest BCUT2D eigenvalue weighted by atomic mass is 35.5. The number of hydrogen-bond donors (Lipinski definition) is 0. The minimum absolute atomic E-state index is 0.156.